The summed E-state index contributed by atoms with van der Waals surface area (Å²) in [7, 11) is 0. The predicted octanol–water partition coefficient (Wildman–Crippen LogP) is 7.08. The first-order valence-corrected chi connectivity index (χ1v) is 9.76. The quantitative estimate of drug-likeness (QED) is 0.278. The molecular weight excluding hydrogens is 256 g/mol. The molecule has 0 N–H and O–H groups in total. The molecule has 1 atom stereocenters. The van der Waals surface area contributed by atoms with Gasteiger partial charge in [0.2, 0.25) is 0 Å². The Morgan fingerprint density at radius 1 is 0.619 bits per heavy atom. The van der Waals surface area contributed by atoms with Crippen molar-refractivity contribution in [3.63, 3.8) is 0 Å². The lowest BCUT2D eigenvalue weighted by molar-refractivity contribution is -0.119. The van der Waals surface area contributed by atoms with Gasteiger partial charge in [0.15, 0.2) is 0 Å². The van der Waals surface area contributed by atoms with Gasteiger partial charge >= 0.3 is 0 Å². The molecule has 0 aliphatic rings. The molecule has 0 aromatic rings. The van der Waals surface area contributed by atoms with Gasteiger partial charge in [0.1, 0.15) is 5.78 Å². The Bertz CT molecular complexity index is 222. The molecule has 1 heteroatoms. The highest BCUT2D eigenvalue weighted by molar-refractivity contribution is 5.78. The number of carbonyl (C=O) groups is 1. The van der Waals surface area contributed by atoms with E-state index >= 15 is 0 Å². The van der Waals surface area contributed by atoms with Crippen molar-refractivity contribution in [3.8, 4) is 0 Å². The number of Topliss-reactive ketones (excluding diaryl/α,β-unsaturated/α-hetero) is 1. The van der Waals surface area contributed by atoms with Crippen LogP contribution in [-0.2, 0) is 4.79 Å². The van der Waals surface area contributed by atoms with E-state index in [9.17, 15) is 4.79 Å². The lowest BCUT2D eigenvalue weighted by atomic mass is 9.91. The van der Waals surface area contributed by atoms with Gasteiger partial charge in [0.05, 0.1) is 0 Å². The fraction of sp³-hybridized carbons (Fsp3) is 0.950. The van der Waals surface area contributed by atoms with Crippen LogP contribution in [0.5, 0.6) is 0 Å². The third-order valence-corrected chi connectivity index (χ3v) is 4.55. The number of hydrogen-bond donors (Lipinski definition) is 0. The maximum atomic E-state index is 12.0. The molecule has 0 heterocycles. The summed E-state index contributed by atoms with van der Waals surface area (Å²) in [6, 6.07) is 0. The molecule has 0 bridgehead atoms. The maximum absolute atomic E-state index is 12.0. The zero-order valence-electron chi connectivity index (χ0n) is 15.1. The summed E-state index contributed by atoms with van der Waals surface area (Å²) in [6.07, 6.45) is 18.4. The molecule has 21 heavy (non-hydrogen) atoms. The van der Waals surface area contributed by atoms with Crippen molar-refractivity contribution in [2.24, 2.45) is 5.92 Å². The van der Waals surface area contributed by atoms with Crippen LogP contribution < -0.4 is 0 Å². The summed E-state index contributed by atoms with van der Waals surface area (Å²) in [4.78, 5) is 12.0. The van der Waals surface area contributed by atoms with Gasteiger partial charge in [-0.1, -0.05) is 91.4 Å². The third-order valence-electron chi connectivity index (χ3n) is 4.55. The van der Waals surface area contributed by atoms with Crippen molar-refractivity contribution in [1.82, 2.24) is 0 Å². The van der Waals surface area contributed by atoms with Crippen molar-refractivity contribution in [3.05, 3.63) is 0 Å². The third kappa shape index (κ3) is 14.4. The van der Waals surface area contributed by atoms with Crippen LogP contribution in [-0.4, -0.2) is 5.78 Å². The van der Waals surface area contributed by atoms with Crippen LogP contribution >= 0.6 is 0 Å². The Balaban J connectivity index is 3.54. The van der Waals surface area contributed by atoms with E-state index in [4.69, 9.17) is 0 Å². The number of ketones is 1. The number of hydrogen-bond acceptors (Lipinski definition) is 1. The van der Waals surface area contributed by atoms with Gasteiger partial charge in [0.25, 0.3) is 0 Å². The highest BCUT2D eigenvalue weighted by atomic mass is 16.1. The van der Waals surface area contributed by atoms with Gasteiger partial charge in [-0.25, -0.2) is 0 Å². The van der Waals surface area contributed by atoms with E-state index in [0.29, 0.717) is 5.78 Å². The fourth-order valence-electron chi connectivity index (χ4n) is 3.10. The van der Waals surface area contributed by atoms with Gasteiger partial charge in [-0.2, -0.15) is 0 Å². The summed E-state index contributed by atoms with van der Waals surface area (Å²) in [5.41, 5.74) is 0. The molecule has 0 saturated heterocycles. The van der Waals surface area contributed by atoms with Crippen molar-refractivity contribution < 1.29 is 4.79 Å². The van der Waals surface area contributed by atoms with Crippen LogP contribution in [0.4, 0.5) is 0 Å². The van der Waals surface area contributed by atoms with Gasteiger partial charge < -0.3 is 0 Å². The zero-order chi connectivity index (χ0) is 15.8. The standard InChI is InChI=1S/C20H40O/c1-4-7-9-10-11-12-13-16-20(21)18-17-19(14-6-3)15-8-5-2/h19H,4-18H2,1-3H3. The summed E-state index contributed by atoms with van der Waals surface area (Å²) >= 11 is 0. The molecule has 0 rings (SSSR count). The van der Waals surface area contributed by atoms with E-state index in [2.05, 4.69) is 20.8 Å². The minimum atomic E-state index is 0.515. The van der Waals surface area contributed by atoms with Crippen molar-refractivity contribution in [2.75, 3.05) is 0 Å². The molecule has 0 aromatic carbocycles. The maximum Gasteiger partial charge on any atom is 0.132 e. The van der Waals surface area contributed by atoms with Crippen LogP contribution in [0.25, 0.3) is 0 Å². The van der Waals surface area contributed by atoms with Crippen molar-refractivity contribution >= 4 is 5.78 Å². The summed E-state index contributed by atoms with van der Waals surface area (Å²) in [6.45, 7) is 6.78. The molecule has 1 unspecified atom stereocenters. The topological polar surface area (TPSA) is 17.1 Å². The van der Waals surface area contributed by atoms with E-state index in [-0.39, 0.29) is 0 Å². The van der Waals surface area contributed by atoms with Gasteiger partial charge in [0, 0.05) is 12.8 Å². The van der Waals surface area contributed by atoms with E-state index in [1.165, 1.54) is 70.6 Å². The fourth-order valence-corrected chi connectivity index (χ4v) is 3.10. The van der Waals surface area contributed by atoms with Crippen LogP contribution in [0.3, 0.4) is 0 Å². The average molecular weight is 297 g/mol. The van der Waals surface area contributed by atoms with Crippen molar-refractivity contribution in [2.45, 2.75) is 117 Å². The summed E-state index contributed by atoms with van der Waals surface area (Å²) < 4.78 is 0. The van der Waals surface area contributed by atoms with Crippen LogP contribution in [0.15, 0.2) is 0 Å². The Labute approximate surface area is 134 Å². The van der Waals surface area contributed by atoms with E-state index < -0.39 is 0 Å². The van der Waals surface area contributed by atoms with Gasteiger partial charge in [-0.15, -0.1) is 0 Å². The Morgan fingerprint density at radius 3 is 1.86 bits per heavy atom. The molecule has 0 aliphatic carbocycles. The first-order chi connectivity index (χ1) is 10.2. The zero-order valence-corrected chi connectivity index (χ0v) is 15.1. The first kappa shape index (κ1) is 20.7. The normalized spacial score (nSPS) is 12.5. The SMILES string of the molecule is CCCCCCCCCC(=O)CCC(CCC)CCCC. The van der Waals surface area contributed by atoms with Gasteiger partial charge in [-0.05, 0) is 18.8 Å². The molecule has 0 aromatic heterocycles. The average Bonchev–Trinajstić information content (AvgIpc) is 2.49. The molecule has 0 fully saturated rings. The molecule has 126 valence electrons. The number of unbranched alkanes of at least 4 members (excludes halogenated alkanes) is 7. The number of rotatable bonds is 16. The minimum Gasteiger partial charge on any atom is -0.300 e. The molecule has 0 aliphatic heterocycles. The summed E-state index contributed by atoms with van der Waals surface area (Å²) in [5.74, 6) is 1.31. The smallest absolute Gasteiger partial charge is 0.132 e. The molecule has 0 radical (unpaired) electrons. The first-order valence-electron chi connectivity index (χ1n) is 9.76. The minimum absolute atomic E-state index is 0.515. The highest BCUT2D eigenvalue weighted by Gasteiger charge is 2.10. The number of carbonyl (C=O) groups excluding carboxylic acids is 1. The second kappa shape index (κ2) is 16.0. The van der Waals surface area contributed by atoms with Crippen LogP contribution in [0.2, 0.25) is 0 Å². The molecule has 0 saturated carbocycles. The monoisotopic (exact) mass is 296 g/mol. The second-order valence-corrected chi connectivity index (χ2v) is 6.75. The molecule has 1 nitrogen and oxygen atoms in total. The Morgan fingerprint density at radius 2 is 1.24 bits per heavy atom. The Kier molecular flexibility index (Phi) is 15.8. The molecule has 0 spiro atoms. The van der Waals surface area contributed by atoms with Crippen molar-refractivity contribution in [1.29, 1.82) is 0 Å². The van der Waals surface area contributed by atoms with E-state index in [1.807, 2.05) is 0 Å². The van der Waals surface area contributed by atoms with Gasteiger partial charge in [-0.3, -0.25) is 4.79 Å². The largest absolute Gasteiger partial charge is 0.300 e. The summed E-state index contributed by atoms with van der Waals surface area (Å²) in [5, 5.41) is 0. The lowest BCUT2D eigenvalue weighted by Gasteiger charge is -2.15. The molecule has 0 amide bonds. The van der Waals surface area contributed by atoms with Crippen LogP contribution in [0, 0.1) is 5.92 Å². The van der Waals surface area contributed by atoms with Crippen LogP contribution in [0.1, 0.15) is 117 Å². The highest BCUT2D eigenvalue weighted by Crippen LogP contribution is 2.21. The molecular formula is C20H40O. The lowest BCUT2D eigenvalue weighted by Crippen LogP contribution is -2.05. The van der Waals surface area contributed by atoms with E-state index in [1.54, 1.807) is 0 Å². The second-order valence-electron chi connectivity index (χ2n) is 6.75. The predicted molar refractivity (Wildman–Crippen MR) is 94.8 cm³/mol. The van der Waals surface area contributed by atoms with E-state index in [0.717, 1.165) is 31.6 Å². The Hall–Kier alpha value is -0.330.